The predicted molar refractivity (Wildman–Crippen MR) is 119 cm³/mol. The lowest BCUT2D eigenvalue weighted by Crippen LogP contribution is -2.16. The summed E-state index contributed by atoms with van der Waals surface area (Å²) in [7, 11) is 0. The number of aromatic nitrogens is 2. The molecule has 0 atom stereocenters. The fourth-order valence-electron chi connectivity index (χ4n) is 2.89. The molecule has 2 aromatic heterocycles. The van der Waals surface area contributed by atoms with Crippen molar-refractivity contribution in [3.8, 4) is 5.75 Å². The van der Waals surface area contributed by atoms with Crippen molar-refractivity contribution in [3.63, 3.8) is 0 Å². The highest BCUT2D eigenvalue weighted by Crippen LogP contribution is 2.14. The monoisotopic (exact) mass is 445 g/mol. The van der Waals surface area contributed by atoms with Crippen LogP contribution in [0.1, 0.15) is 27.4 Å². The van der Waals surface area contributed by atoms with Crippen LogP contribution in [0.2, 0.25) is 0 Å². The zero-order valence-corrected chi connectivity index (χ0v) is 17.3. The molecule has 0 saturated carbocycles. The quantitative estimate of drug-likeness (QED) is 0.237. The average Bonchev–Trinajstić information content (AvgIpc) is 3.50. The van der Waals surface area contributed by atoms with Crippen LogP contribution >= 0.6 is 0 Å². The molecule has 0 aliphatic carbocycles. The molecule has 0 radical (unpaired) electrons. The maximum absolute atomic E-state index is 12.2. The highest BCUT2D eigenvalue weighted by atomic mass is 16.6. The fraction of sp³-hybridized carbons (Fsp3) is 0.0870. The van der Waals surface area contributed by atoms with E-state index < -0.39 is 10.8 Å². The number of hydrogen-bond donors (Lipinski definition) is 1. The van der Waals surface area contributed by atoms with Crippen LogP contribution < -0.4 is 10.2 Å². The van der Waals surface area contributed by atoms with Crippen LogP contribution in [0.15, 0.2) is 88.6 Å². The van der Waals surface area contributed by atoms with E-state index in [0.29, 0.717) is 12.4 Å². The first-order valence-corrected chi connectivity index (χ1v) is 9.92. The van der Waals surface area contributed by atoms with E-state index in [0.717, 1.165) is 23.1 Å². The zero-order chi connectivity index (χ0) is 23.0. The van der Waals surface area contributed by atoms with Gasteiger partial charge in [-0.25, -0.2) is 5.43 Å². The van der Waals surface area contributed by atoms with Crippen LogP contribution in [0.5, 0.6) is 5.75 Å². The van der Waals surface area contributed by atoms with E-state index in [1.54, 1.807) is 6.07 Å². The molecular weight excluding hydrogens is 426 g/mol. The third-order valence-electron chi connectivity index (χ3n) is 4.54. The number of nitrogens with zero attached hydrogens (tertiary/aromatic N) is 4. The van der Waals surface area contributed by atoms with E-state index in [1.165, 1.54) is 23.2 Å². The minimum atomic E-state index is -0.534. The average molecular weight is 445 g/mol. The topological polar surface area (TPSA) is 125 Å². The molecule has 0 fully saturated rings. The standard InChI is InChI=1S/C23H19N5O5/c29-23(22-11-10-21(33-22)15-27-14-19(13-25-27)28(30)31)26-24-12-17-6-8-20(9-7-17)32-16-18-4-2-1-3-5-18/h1-14H,15-16H2,(H,26,29)/b24-12-. The van der Waals surface area contributed by atoms with Crippen LogP contribution in [0.25, 0.3) is 0 Å². The highest BCUT2D eigenvalue weighted by molar-refractivity contribution is 5.92. The minimum absolute atomic E-state index is 0.0634. The second-order valence-corrected chi connectivity index (χ2v) is 6.96. The summed E-state index contributed by atoms with van der Waals surface area (Å²) in [4.78, 5) is 22.4. The largest absolute Gasteiger partial charge is 0.489 e. The summed E-state index contributed by atoms with van der Waals surface area (Å²) >= 11 is 0. The van der Waals surface area contributed by atoms with Gasteiger partial charge in [0.05, 0.1) is 17.7 Å². The molecule has 2 aromatic carbocycles. The van der Waals surface area contributed by atoms with E-state index in [9.17, 15) is 14.9 Å². The number of benzene rings is 2. The van der Waals surface area contributed by atoms with Gasteiger partial charge in [-0.15, -0.1) is 0 Å². The molecule has 33 heavy (non-hydrogen) atoms. The predicted octanol–water partition coefficient (Wildman–Crippen LogP) is 3.78. The molecule has 166 valence electrons. The van der Waals surface area contributed by atoms with Crippen molar-refractivity contribution in [2.45, 2.75) is 13.2 Å². The molecule has 10 nitrogen and oxygen atoms in total. The molecule has 0 unspecified atom stereocenters. The van der Waals surface area contributed by atoms with Gasteiger partial charge in [-0.1, -0.05) is 30.3 Å². The Morgan fingerprint density at radius 2 is 1.94 bits per heavy atom. The second-order valence-electron chi connectivity index (χ2n) is 6.96. The smallest absolute Gasteiger partial charge is 0.307 e. The van der Waals surface area contributed by atoms with Crippen molar-refractivity contribution in [1.29, 1.82) is 0 Å². The third kappa shape index (κ3) is 5.91. The number of carbonyl (C=O) groups is 1. The lowest BCUT2D eigenvalue weighted by molar-refractivity contribution is -0.385. The van der Waals surface area contributed by atoms with Gasteiger partial charge < -0.3 is 9.15 Å². The second kappa shape index (κ2) is 10.1. The van der Waals surface area contributed by atoms with Gasteiger partial charge in [-0.05, 0) is 47.5 Å². The first kappa shape index (κ1) is 21.5. The third-order valence-corrected chi connectivity index (χ3v) is 4.54. The van der Waals surface area contributed by atoms with Crippen LogP contribution in [0.3, 0.4) is 0 Å². The number of hydrazone groups is 1. The lowest BCUT2D eigenvalue weighted by Gasteiger charge is -2.06. The normalized spacial score (nSPS) is 10.9. The molecule has 0 aliphatic heterocycles. The molecule has 0 spiro atoms. The van der Waals surface area contributed by atoms with Gasteiger partial charge in [0.15, 0.2) is 5.76 Å². The van der Waals surface area contributed by atoms with Gasteiger partial charge in [0, 0.05) is 0 Å². The summed E-state index contributed by atoms with van der Waals surface area (Å²) in [5.74, 6) is 0.694. The van der Waals surface area contributed by atoms with Crippen molar-refractivity contribution in [3.05, 3.63) is 112 Å². The van der Waals surface area contributed by atoms with Crippen molar-refractivity contribution in [2.75, 3.05) is 0 Å². The Hall–Kier alpha value is -4.73. The summed E-state index contributed by atoms with van der Waals surface area (Å²) in [5, 5.41) is 18.5. The van der Waals surface area contributed by atoms with Crippen LogP contribution in [-0.4, -0.2) is 26.8 Å². The molecule has 4 rings (SSSR count). The summed E-state index contributed by atoms with van der Waals surface area (Å²) < 4.78 is 12.6. The molecule has 0 aliphatic rings. The molecule has 0 bridgehead atoms. The van der Waals surface area contributed by atoms with Gasteiger partial charge in [-0.2, -0.15) is 10.2 Å². The number of nitrogens with one attached hydrogen (secondary N) is 1. The Morgan fingerprint density at radius 1 is 1.15 bits per heavy atom. The number of rotatable bonds is 9. The van der Waals surface area contributed by atoms with Gasteiger partial charge >= 0.3 is 11.6 Å². The fourth-order valence-corrected chi connectivity index (χ4v) is 2.89. The van der Waals surface area contributed by atoms with E-state index in [-0.39, 0.29) is 18.0 Å². The maximum atomic E-state index is 12.2. The summed E-state index contributed by atoms with van der Waals surface area (Å²) in [6.07, 6.45) is 3.93. The number of amides is 1. The summed E-state index contributed by atoms with van der Waals surface area (Å²) in [6.45, 7) is 0.635. The summed E-state index contributed by atoms with van der Waals surface area (Å²) in [5.41, 5.74) is 4.14. The number of furan rings is 1. The van der Waals surface area contributed by atoms with Crippen molar-refractivity contribution in [2.24, 2.45) is 5.10 Å². The molecule has 1 N–H and O–H groups in total. The van der Waals surface area contributed by atoms with Crippen LogP contribution in [0, 0.1) is 10.1 Å². The Balaban J connectivity index is 1.26. The van der Waals surface area contributed by atoms with Crippen LogP contribution in [0.4, 0.5) is 5.69 Å². The number of nitro groups is 1. The van der Waals surface area contributed by atoms with Crippen molar-refractivity contribution >= 4 is 17.8 Å². The molecule has 1 amide bonds. The lowest BCUT2D eigenvalue weighted by atomic mass is 10.2. The van der Waals surface area contributed by atoms with Gasteiger partial charge in [0.1, 0.15) is 30.5 Å². The van der Waals surface area contributed by atoms with E-state index in [2.05, 4.69) is 15.6 Å². The van der Waals surface area contributed by atoms with Gasteiger partial charge in [0.25, 0.3) is 0 Å². The first-order valence-electron chi connectivity index (χ1n) is 9.92. The molecule has 4 aromatic rings. The highest BCUT2D eigenvalue weighted by Gasteiger charge is 2.13. The number of carbonyl (C=O) groups excluding carboxylic acids is 1. The van der Waals surface area contributed by atoms with Crippen LogP contribution in [-0.2, 0) is 13.2 Å². The number of hydrogen-bond acceptors (Lipinski definition) is 7. The van der Waals surface area contributed by atoms with E-state index in [4.69, 9.17) is 9.15 Å². The summed E-state index contributed by atoms with van der Waals surface area (Å²) in [6, 6.07) is 20.3. The van der Waals surface area contributed by atoms with Crippen molar-refractivity contribution in [1.82, 2.24) is 15.2 Å². The Morgan fingerprint density at radius 3 is 2.67 bits per heavy atom. The molecular formula is C23H19N5O5. The number of ether oxygens (including phenoxy) is 1. The Labute approximate surface area is 188 Å². The molecule has 10 heteroatoms. The molecule has 0 saturated heterocycles. The zero-order valence-electron chi connectivity index (χ0n) is 17.3. The van der Waals surface area contributed by atoms with Gasteiger partial charge in [-0.3, -0.25) is 19.6 Å². The molecule has 2 heterocycles. The minimum Gasteiger partial charge on any atom is -0.489 e. The van der Waals surface area contributed by atoms with Gasteiger partial charge in [0.2, 0.25) is 0 Å². The SMILES string of the molecule is O=C(N/N=C\c1ccc(OCc2ccccc2)cc1)c1ccc(Cn2cc([N+](=O)[O-])cn2)o1. The van der Waals surface area contributed by atoms with E-state index in [1.807, 2.05) is 54.6 Å². The van der Waals surface area contributed by atoms with E-state index >= 15 is 0 Å². The Kier molecular flexibility index (Phi) is 6.55. The maximum Gasteiger partial charge on any atom is 0.307 e. The van der Waals surface area contributed by atoms with Crippen molar-refractivity contribution < 1.29 is 18.9 Å². The first-order chi connectivity index (χ1) is 16.1. The Bertz CT molecular complexity index is 1260.